The zero-order valence-corrected chi connectivity index (χ0v) is 19.8. The van der Waals surface area contributed by atoms with Gasteiger partial charge in [-0.25, -0.2) is 0 Å². The van der Waals surface area contributed by atoms with Gasteiger partial charge in [-0.15, -0.1) is 23.5 Å². The SMILES string of the molecule is C=O.CCOC(=O)C(CCc1ccccc1)NC(C)C(=O)N1CC2(C[C@H]1O)SCCS2. The highest BCUT2D eigenvalue weighted by Gasteiger charge is 2.49. The molecule has 2 unspecified atom stereocenters. The number of thioether (sulfide) groups is 2. The van der Waals surface area contributed by atoms with Crippen LogP contribution in [0.3, 0.4) is 0 Å². The van der Waals surface area contributed by atoms with E-state index in [1.54, 1.807) is 18.7 Å². The van der Waals surface area contributed by atoms with Gasteiger partial charge in [0.2, 0.25) is 5.91 Å². The number of nitrogens with zero attached hydrogens (tertiary/aromatic N) is 1. The monoisotopic (exact) mass is 468 g/mol. The normalized spacial score (nSPS) is 21.3. The molecule has 9 heteroatoms. The molecule has 0 saturated carbocycles. The first-order valence-electron chi connectivity index (χ1n) is 10.5. The van der Waals surface area contributed by atoms with Gasteiger partial charge in [0, 0.05) is 24.5 Å². The number of carbonyl (C=O) groups is 3. The Kier molecular flexibility index (Phi) is 10.3. The maximum absolute atomic E-state index is 13.0. The van der Waals surface area contributed by atoms with Crippen LogP contribution >= 0.6 is 23.5 Å². The summed E-state index contributed by atoms with van der Waals surface area (Å²) < 4.78 is 5.13. The van der Waals surface area contributed by atoms with E-state index >= 15 is 0 Å². The largest absolute Gasteiger partial charge is 0.465 e. The van der Waals surface area contributed by atoms with Crippen LogP contribution in [-0.2, 0) is 25.5 Å². The lowest BCUT2D eigenvalue weighted by molar-refractivity contribution is -0.147. The standard InChI is InChI=1S/C21H30N2O4S2.CH2O/c1-3-27-20(26)17(10-9-16-7-5-4-6-8-16)22-15(2)19(25)23-14-21(13-18(23)24)28-11-12-29-21;1-2/h4-8,15,17-18,22,24H,3,9-14H2,1-2H3;1H2/t15?,17?,18-;/m1./s1. The molecule has 1 amide bonds. The number of aliphatic hydroxyl groups excluding tert-OH is 1. The minimum atomic E-state index is -0.768. The number of hydrogen-bond donors (Lipinski definition) is 2. The van der Waals surface area contributed by atoms with Gasteiger partial charge in [0.15, 0.2) is 0 Å². The highest BCUT2D eigenvalue weighted by Crippen LogP contribution is 2.51. The Hall–Kier alpha value is -1.55. The van der Waals surface area contributed by atoms with Crippen LogP contribution in [0.25, 0.3) is 0 Å². The third-order valence-corrected chi connectivity index (χ3v) is 8.74. The molecule has 7 nitrogen and oxygen atoms in total. The molecule has 31 heavy (non-hydrogen) atoms. The molecule has 0 aliphatic carbocycles. The summed E-state index contributed by atoms with van der Waals surface area (Å²) in [5.74, 6) is 1.59. The van der Waals surface area contributed by atoms with Crippen LogP contribution in [0.15, 0.2) is 30.3 Å². The topological polar surface area (TPSA) is 95.9 Å². The summed E-state index contributed by atoms with van der Waals surface area (Å²) in [5.41, 5.74) is 1.13. The summed E-state index contributed by atoms with van der Waals surface area (Å²) in [6.07, 6.45) is 1.07. The predicted molar refractivity (Wildman–Crippen MR) is 125 cm³/mol. The second-order valence-electron chi connectivity index (χ2n) is 7.48. The molecule has 2 fully saturated rings. The lowest BCUT2D eigenvalue weighted by Crippen LogP contribution is -2.52. The van der Waals surface area contributed by atoms with Crippen molar-refractivity contribution in [1.29, 1.82) is 0 Å². The van der Waals surface area contributed by atoms with E-state index in [-0.39, 0.29) is 16.0 Å². The van der Waals surface area contributed by atoms with Gasteiger partial charge >= 0.3 is 5.97 Å². The van der Waals surface area contributed by atoms with Gasteiger partial charge in [-0.3, -0.25) is 14.9 Å². The minimum Gasteiger partial charge on any atom is -0.465 e. The van der Waals surface area contributed by atoms with Crippen molar-refractivity contribution < 1.29 is 24.2 Å². The van der Waals surface area contributed by atoms with Gasteiger partial charge in [-0.1, -0.05) is 30.3 Å². The Morgan fingerprint density at radius 2 is 1.94 bits per heavy atom. The Labute approximate surface area is 192 Å². The van der Waals surface area contributed by atoms with Crippen LogP contribution in [0.5, 0.6) is 0 Å². The second-order valence-corrected chi connectivity index (χ2v) is 10.7. The smallest absolute Gasteiger partial charge is 0.323 e. The molecule has 0 radical (unpaired) electrons. The van der Waals surface area contributed by atoms with Crippen molar-refractivity contribution in [3.05, 3.63) is 35.9 Å². The zero-order chi connectivity index (χ0) is 22.9. The average Bonchev–Trinajstić information content (AvgIpc) is 3.38. The van der Waals surface area contributed by atoms with Gasteiger partial charge in [0.05, 0.1) is 16.7 Å². The molecule has 1 aromatic carbocycles. The first-order valence-corrected chi connectivity index (χ1v) is 12.4. The summed E-state index contributed by atoms with van der Waals surface area (Å²) in [6.45, 7) is 6.37. The molecular formula is C22H32N2O5S2. The molecule has 0 bridgehead atoms. The van der Waals surface area contributed by atoms with E-state index in [1.165, 1.54) is 0 Å². The lowest BCUT2D eigenvalue weighted by Gasteiger charge is -2.28. The van der Waals surface area contributed by atoms with Crippen molar-refractivity contribution in [1.82, 2.24) is 10.2 Å². The van der Waals surface area contributed by atoms with E-state index in [2.05, 4.69) is 5.32 Å². The van der Waals surface area contributed by atoms with Gasteiger partial charge in [0.1, 0.15) is 19.1 Å². The fourth-order valence-corrected chi connectivity index (χ4v) is 7.08. The summed E-state index contributed by atoms with van der Waals surface area (Å²) in [5, 5.41) is 13.6. The molecule has 2 saturated heterocycles. The van der Waals surface area contributed by atoms with Crippen molar-refractivity contribution in [2.24, 2.45) is 0 Å². The van der Waals surface area contributed by atoms with Crippen LogP contribution in [0.2, 0.25) is 0 Å². The molecule has 2 heterocycles. The maximum atomic E-state index is 13.0. The molecular weight excluding hydrogens is 436 g/mol. The number of amides is 1. The first-order chi connectivity index (χ1) is 14.9. The highest BCUT2D eigenvalue weighted by atomic mass is 32.2. The van der Waals surface area contributed by atoms with Crippen molar-refractivity contribution in [3.63, 3.8) is 0 Å². The third kappa shape index (κ3) is 6.97. The second kappa shape index (κ2) is 12.5. The number of esters is 1. The van der Waals surface area contributed by atoms with Crippen LogP contribution in [-0.4, -0.2) is 75.7 Å². The van der Waals surface area contributed by atoms with Crippen molar-refractivity contribution in [2.75, 3.05) is 24.7 Å². The Morgan fingerprint density at radius 3 is 2.55 bits per heavy atom. The zero-order valence-electron chi connectivity index (χ0n) is 18.1. The quantitative estimate of drug-likeness (QED) is 0.560. The number of aryl methyl sites for hydroxylation is 1. The number of rotatable bonds is 8. The molecule has 1 spiro atoms. The average molecular weight is 469 g/mol. The first kappa shape index (κ1) is 25.7. The summed E-state index contributed by atoms with van der Waals surface area (Å²) in [6, 6.07) is 8.79. The van der Waals surface area contributed by atoms with E-state index in [9.17, 15) is 14.7 Å². The molecule has 2 aliphatic rings. The molecule has 2 aliphatic heterocycles. The lowest BCUT2D eigenvalue weighted by atomic mass is 10.0. The number of aliphatic hydroxyl groups is 1. The van der Waals surface area contributed by atoms with E-state index in [0.29, 0.717) is 32.4 Å². The van der Waals surface area contributed by atoms with Crippen molar-refractivity contribution in [2.45, 2.75) is 55.5 Å². The molecule has 2 N–H and O–H groups in total. The van der Waals surface area contributed by atoms with Crippen molar-refractivity contribution in [3.8, 4) is 0 Å². The molecule has 172 valence electrons. The van der Waals surface area contributed by atoms with E-state index in [0.717, 1.165) is 17.1 Å². The third-order valence-electron chi connectivity index (χ3n) is 5.32. The Bertz CT molecular complexity index is 715. The van der Waals surface area contributed by atoms with Crippen LogP contribution in [0.1, 0.15) is 32.3 Å². The molecule has 3 rings (SSSR count). The summed E-state index contributed by atoms with van der Waals surface area (Å²) >= 11 is 3.67. The number of nitrogens with one attached hydrogen (secondary N) is 1. The molecule has 1 aromatic rings. The number of carbonyl (C=O) groups excluding carboxylic acids is 3. The summed E-state index contributed by atoms with van der Waals surface area (Å²) in [4.78, 5) is 35.0. The summed E-state index contributed by atoms with van der Waals surface area (Å²) in [7, 11) is 0. The van der Waals surface area contributed by atoms with E-state index in [1.807, 2.05) is 60.6 Å². The number of likely N-dealkylation sites (tertiary alicyclic amines) is 1. The van der Waals surface area contributed by atoms with E-state index in [4.69, 9.17) is 9.53 Å². The van der Waals surface area contributed by atoms with Gasteiger partial charge in [0.25, 0.3) is 0 Å². The highest BCUT2D eigenvalue weighted by molar-refractivity contribution is 8.21. The van der Waals surface area contributed by atoms with Crippen molar-refractivity contribution >= 4 is 42.2 Å². The predicted octanol–water partition coefficient (Wildman–Crippen LogP) is 2.07. The van der Waals surface area contributed by atoms with Crippen LogP contribution < -0.4 is 5.32 Å². The van der Waals surface area contributed by atoms with Crippen LogP contribution in [0.4, 0.5) is 0 Å². The van der Waals surface area contributed by atoms with Gasteiger partial charge in [-0.2, -0.15) is 0 Å². The fourth-order valence-electron chi connectivity index (χ4n) is 3.84. The Morgan fingerprint density at radius 1 is 1.29 bits per heavy atom. The van der Waals surface area contributed by atoms with E-state index < -0.39 is 18.3 Å². The Balaban J connectivity index is 0.00000166. The van der Waals surface area contributed by atoms with Gasteiger partial charge in [-0.05, 0) is 32.3 Å². The molecule has 0 aromatic heterocycles. The number of benzene rings is 1. The van der Waals surface area contributed by atoms with Crippen LogP contribution in [0, 0.1) is 0 Å². The fraction of sp³-hybridized carbons (Fsp3) is 0.591. The number of hydrogen-bond acceptors (Lipinski definition) is 8. The van der Waals surface area contributed by atoms with Gasteiger partial charge < -0.3 is 19.5 Å². The number of ether oxygens (including phenoxy) is 1. The molecule has 3 atom stereocenters. The maximum Gasteiger partial charge on any atom is 0.323 e. The minimum absolute atomic E-state index is 0.0807.